The van der Waals surface area contributed by atoms with E-state index in [9.17, 15) is 4.79 Å². The van der Waals surface area contributed by atoms with Gasteiger partial charge in [0.15, 0.2) is 6.61 Å². The lowest BCUT2D eigenvalue weighted by molar-refractivity contribution is -0.132. The molecule has 0 saturated heterocycles. The molecule has 0 bridgehead atoms. The zero-order valence-electron chi connectivity index (χ0n) is 12.4. The summed E-state index contributed by atoms with van der Waals surface area (Å²) in [4.78, 5) is 13.7. The summed E-state index contributed by atoms with van der Waals surface area (Å²) in [5.41, 5.74) is 8.58. The van der Waals surface area contributed by atoms with Crippen LogP contribution in [-0.4, -0.2) is 24.5 Å². The molecule has 0 unspecified atom stereocenters. The van der Waals surface area contributed by atoms with E-state index in [0.717, 1.165) is 5.56 Å². The molecule has 0 aliphatic carbocycles. The van der Waals surface area contributed by atoms with Gasteiger partial charge in [-0.3, -0.25) is 4.79 Å². The van der Waals surface area contributed by atoms with Crippen molar-refractivity contribution in [2.45, 2.75) is 13.5 Å². The number of carbonyl (C=O) groups excluding carboxylic acids is 1. The molecule has 2 aromatic rings. The SMILES string of the molecule is Cc1ccc(CN(C)C(=O)COc2ccc(N)cc2)cc1. The summed E-state index contributed by atoms with van der Waals surface area (Å²) in [5.74, 6) is 0.577. The van der Waals surface area contributed by atoms with Crippen LogP contribution in [0.4, 0.5) is 5.69 Å². The third-order valence-corrected chi connectivity index (χ3v) is 3.21. The molecule has 2 N–H and O–H groups in total. The van der Waals surface area contributed by atoms with Gasteiger partial charge in [-0.05, 0) is 36.8 Å². The molecule has 0 radical (unpaired) electrons. The molecule has 0 heterocycles. The third-order valence-electron chi connectivity index (χ3n) is 3.21. The highest BCUT2D eigenvalue weighted by Gasteiger charge is 2.10. The number of hydrogen-bond acceptors (Lipinski definition) is 3. The maximum atomic E-state index is 12.0. The maximum Gasteiger partial charge on any atom is 0.260 e. The molecule has 0 fully saturated rings. The van der Waals surface area contributed by atoms with Gasteiger partial charge in [0.05, 0.1) is 0 Å². The van der Waals surface area contributed by atoms with E-state index in [1.807, 2.05) is 31.2 Å². The van der Waals surface area contributed by atoms with Gasteiger partial charge in [0, 0.05) is 19.3 Å². The minimum absolute atomic E-state index is 0.0201. The molecule has 0 aliphatic heterocycles. The first-order valence-electron chi connectivity index (χ1n) is 6.82. The lowest BCUT2D eigenvalue weighted by Gasteiger charge is -2.17. The Kier molecular flexibility index (Phi) is 4.82. The van der Waals surface area contributed by atoms with Crippen LogP contribution >= 0.6 is 0 Å². The summed E-state index contributed by atoms with van der Waals surface area (Å²) in [6.07, 6.45) is 0. The van der Waals surface area contributed by atoms with E-state index < -0.39 is 0 Å². The fourth-order valence-corrected chi connectivity index (χ4v) is 1.87. The van der Waals surface area contributed by atoms with Gasteiger partial charge >= 0.3 is 0 Å². The number of ether oxygens (including phenoxy) is 1. The third kappa shape index (κ3) is 4.53. The summed E-state index contributed by atoms with van der Waals surface area (Å²) in [6.45, 7) is 2.63. The topological polar surface area (TPSA) is 55.6 Å². The van der Waals surface area contributed by atoms with Crippen LogP contribution in [-0.2, 0) is 11.3 Å². The molecule has 0 saturated carbocycles. The van der Waals surface area contributed by atoms with Crippen LogP contribution in [0.1, 0.15) is 11.1 Å². The van der Waals surface area contributed by atoms with Crippen LogP contribution in [0.15, 0.2) is 48.5 Å². The molecule has 0 spiro atoms. The fraction of sp³-hybridized carbons (Fsp3) is 0.235. The highest BCUT2D eigenvalue weighted by Crippen LogP contribution is 2.13. The van der Waals surface area contributed by atoms with E-state index in [1.54, 1.807) is 36.2 Å². The van der Waals surface area contributed by atoms with Crippen LogP contribution in [0, 0.1) is 6.92 Å². The van der Waals surface area contributed by atoms with Crippen molar-refractivity contribution in [1.29, 1.82) is 0 Å². The molecule has 4 heteroatoms. The number of likely N-dealkylation sites (N-methyl/N-ethyl adjacent to an activating group) is 1. The lowest BCUT2D eigenvalue weighted by atomic mass is 10.1. The first kappa shape index (κ1) is 14.9. The number of hydrogen-bond donors (Lipinski definition) is 1. The van der Waals surface area contributed by atoms with Crippen molar-refractivity contribution in [3.05, 3.63) is 59.7 Å². The zero-order valence-corrected chi connectivity index (χ0v) is 12.4. The Bertz CT molecular complexity index is 591. The Labute approximate surface area is 125 Å². The average molecular weight is 284 g/mol. The second-order valence-electron chi connectivity index (χ2n) is 5.09. The van der Waals surface area contributed by atoms with E-state index in [2.05, 4.69) is 0 Å². The van der Waals surface area contributed by atoms with Gasteiger partial charge in [-0.25, -0.2) is 0 Å². The summed E-state index contributed by atoms with van der Waals surface area (Å²) in [6, 6.07) is 15.1. The predicted octanol–water partition coefficient (Wildman–Crippen LogP) is 2.61. The number of nitrogen functional groups attached to an aromatic ring is 1. The first-order chi connectivity index (χ1) is 10.0. The Morgan fingerprint density at radius 2 is 1.71 bits per heavy atom. The molecule has 2 rings (SSSR count). The van der Waals surface area contributed by atoms with Crippen LogP contribution in [0.5, 0.6) is 5.75 Å². The van der Waals surface area contributed by atoms with Gasteiger partial charge in [-0.1, -0.05) is 29.8 Å². The number of carbonyl (C=O) groups is 1. The standard InChI is InChI=1S/C17H20N2O2/c1-13-3-5-14(6-4-13)11-19(2)17(20)12-21-16-9-7-15(18)8-10-16/h3-10H,11-12,18H2,1-2H3. The van der Waals surface area contributed by atoms with Crippen molar-refractivity contribution >= 4 is 11.6 Å². The number of amides is 1. The van der Waals surface area contributed by atoms with Crippen LogP contribution in [0.3, 0.4) is 0 Å². The normalized spacial score (nSPS) is 10.2. The fourth-order valence-electron chi connectivity index (χ4n) is 1.87. The second-order valence-corrected chi connectivity index (χ2v) is 5.09. The van der Waals surface area contributed by atoms with Crippen LogP contribution < -0.4 is 10.5 Å². The second kappa shape index (κ2) is 6.79. The minimum atomic E-state index is -0.0626. The van der Waals surface area contributed by atoms with Crippen LogP contribution in [0.25, 0.3) is 0 Å². The molecule has 0 atom stereocenters. The molecule has 0 aliphatic rings. The van der Waals surface area contributed by atoms with Crippen LogP contribution in [0.2, 0.25) is 0 Å². The van der Waals surface area contributed by atoms with E-state index in [1.165, 1.54) is 5.56 Å². The molecular formula is C17H20N2O2. The number of benzene rings is 2. The van der Waals surface area contributed by atoms with Gasteiger partial charge in [-0.2, -0.15) is 0 Å². The Balaban J connectivity index is 1.84. The van der Waals surface area contributed by atoms with Gasteiger partial charge in [0.1, 0.15) is 5.75 Å². The van der Waals surface area contributed by atoms with Crippen molar-refractivity contribution in [2.75, 3.05) is 19.4 Å². The molecule has 110 valence electrons. The van der Waals surface area contributed by atoms with E-state index >= 15 is 0 Å². The predicted molar refractivity (Wildman–Crippen MR) is 84.0 cm³/mol. The van der Waals surface area contributed by atoms with Gasteiger partial charge < -0.3 is 15.4 Å². The molecule has 1 amide bonds. The number of aryl methyl sites for hydroxylation is 1. The number of nitrogens with two attached hydrogens (primary N) is 1. The van der Waals surface area contributed by atoms with Crippen molar-refractivity contribution in [3.63, 3.8) is 0 Å². The average Bonchev–Trinajstić information content (AvgIpc) is 2.48. The molecule has 2 aromatic carbocycles. The quantitative estimate of drug-likeness (QED) is 0.859. The van der Waals surface area contributed by atoms with E-state index in [0.29, 0.717) is 18.0 Å². The monoisotopic (exact) mass is 284 g/mol. The van der Waals surface area contributed by atoms with E-state index in [4.69, 9.17) is 10.5 Å². The summed E-state index contributed by atoms with van der Waals surface area (Å²) in [5, 5.41) is 0. The zero-order chi connectivity index (χ0) is 15.2. The number of nitrogens with zero attached hydrogens (tertiary/aromatic N) is 1. The Morgan fingerprint density at radius 1 is 1.10 bits per heavy atom. The van der Waals surface area contributed by atoms with E-state index in [-0.39, 0.29) is 12.5 Å². The first-order valence-corrected chi connectivity index (χ1v) is 6.82. The molecular weight excluding hydrogens is 264 g/mol. The lowest BCUT2D eigenvalue weighted by Crippen LogP contribution is -2.30. The maximum absolute atomic E-state index is 12.0. The Morgan fingerprint density at radius 3 is 2.33 bits per heavy atom. The summed E-state index contributed by atoms with van der Waals surface area (Å²) in [7, 11) is 1.77. The van der Waals surface area contributed by atoms with Crippen molar-refractivity contribution in [3.8, 4) is 5.75 Å². The largest absolute Gasteiger partial charge is 0.484 e. The molecule has 21 heavy (non-hydrogen) atoms. The van der Waals surface area contributed by atoms with Crippen molar-refractivity contribution < 1.29 is 9.53 Å². The smallest absolute Gasteiger partial charge is 0.260 e. The summed E-state index contributed by atoms with van der Waals surface area (Å²) < 4.78 is 5.45. The van der Waals surface area contributed by atoms with Gasteiger partial charge in [0.25, 0.3) is 5.91 Å². The number of rotatable bonds is 5. The highest BCUT2D eigenvalue weighted by molar-refractivity contribution is 5.77. The Hall–Kier alpha value is -2.49. The summed E-state index contributed by atoms with van der Waals surface area (Å²) >= 11 is 0. The molecule has 0 aromatic heterocycles. The number of anilines is 1. The highest BCUT2D eigenvalue weighted by atomic mass is 16.5. The van der Waals surface area contributed by atoms with Gasteiger partial charge in [-0.15, -0.1) is 0 Å². The van der Waals surface area contributed by atoms with Crippen molar-refractivity contribution in [1.82, 2.24) is 4.90 Å². The van der Waals surface area contributed by atoms with Gasteiger partial charge in [0.2, 0.25) is 0 Å². The molecule has 4 nitrogen and oxygen atoms in total. The minimum Gasteiger partial charge on any atom is -0.484 e. The van der Waals surface area contributed by atoms with Crippen molar-refractivity contribution in [2.24, 2.45) is 0 Å².